The average Bonchev–Trinajstić information content (AvgIpc) is 2.90. The Kier molecular flexibility index (Phi) is 9.60. The van der Waals surface area contributed by atoms with E-state index >= 15 is 0 Å². The Hall–Kier alpha value is -2.44. The quantitative estimate of drug-likeness (QED) is 0.387. The van der Waals surface area contributed by atoms with Crippen molar-refractivity contribution in [2.45, 2.75) is 69.9 Å². The van der Waals surface area contributed by atoms with Crippen LogP contribution in [0.1, 0.15) is 78.5 Å². The van der Waals surface area contributed by atoms with E-state index in [-0.39, 0.29) is 23.9 Å². The maximum atomic E-state index is 12.8. The standard InChI is InChI=1S/C29H36Cl2N2O4/c1-36-26-13-7-20(30)16-24(26)28(34)32-22-9-3-18(4-10-22)15-19-5-11-23(12-6-19)33-29(35)25-17-21(31)8-14-27(25)37-2/h7-8,13-14,16-19,22-23H,3-6,9-12,15H2,1-2H3,(H,32,34)(H,33,35). The third kappa shape index (κ3) is 7.32. The predicted molar refractivity (Wildman–Crippen MR) is 147 cm³/mol. The van der Waals surface area contributed by atoms with E-state index in [9.17, 15) is 9.59 Å². The minimum Gasteiger partial charge on any atom is -0.496 e. The summed E-state index contributed by atoms with van der Waals surface area (Å²) < 4.78 is 10.6. The smallest absolute Gasteiger partial charge is 0.255 e. The fourth-order valence-corrected chi connectivity index (χ4v) is 6.14. The number of rotatable bonds is 8. The normalized spacial score (nSPS) is 23.7. The first-order valence-corrected chi connectivity index (χ1v) is 13.9. The molecule has 37 heavy (non-hydrogen) atoms. The van der Waals surface area contributed by atoms with Gasteiger partial charge in [0.25, 0.3) is 11.8 Å². The van der Waals surface area contributed by atoms with Crippen LogP contribution in [-0.4, -0.2) is 38.1 Å². The molecule has 0 aliphatic heterocycles. The second kappa shape index (κ2) is 12.9. The summed E-state index contributed by atoms with van der Waals surface area (Å²) in [4.78, 5) is 25.6. The monoisotopic (exact) mass is 546 g/mol. The molecular formula is C29H36Cl2N2O4. The number of amides is 2. The van der Waals surface area contributed by atoms with E-state index in [1.54, 1.807) is 50.6 Å². The molecular weight excluding hydrogens is 511 g/mol. The summed E-state index contributed by atoms with van der Waals surface area (Å²) in [6.45, 7) is 0. The summed E-state index contributed by atoms with van der Waals surface area (Å²) in [7, 11) is 3.12. The summed E-state index contributed by atoms with van der Waals surface area (Å²) in [5.41, 5.74) is 0.963. The van der Waals surface area contributed by atoms with Gasteiger partial charge in [-0.15, -0.1) is 0 Å². The molecule has 2 aromatic carbocycles. The van der Waals surface area contributed by atoms with Gasteiger partial charge < -0.3 is 20.1 Å². The van der Waals surface area contributed by atoms with Crippen molar-refractivity contribution in [1.29, 1.82) is 0 Å². The van der Waals surface area contributed by atoms with E-state index in [1.165, 1.54) is 6.42 Å². The Morgan fingerprint density at radius 1 is 0.703 bits per heavy atom. The first-order valence-electron chi connectivity index (χ1n) is 13.1. The maximum Gasteiger partial charge on any atom is 0.255 e. The van der Waals surface area contributed by atoms with Gasteiger partial charge in [0.1, 0.15) is 11.5 Å². The van der Waals surface area contributed by atoms with Gasteiger partial charge in [-0.3, -0.25) is 9.59 Å². The highest BCUT2D eigenvalue weighted by Crippen LogP contribution is 2.36. The van der Waals surface area contributed by atoms with Gasteiger partial charge in [0.2, 0.25) is 0 Å². The van der Waals surface area contributed by atoms with Gasteiger partial charge in [-0.2, -0.15) is 0 Å². The molecule has 2 fully saturated rings. The van der Waals surface area contributed by atoms with Crippen molar-refractivity contribution in [2.75, 3.05) is 14.2 Å². The van der Waals surface area contributed by atoms with Crippen LogP contribution in [0.25, 0.3) is 0 Å². The Morgan fingerprint density at radius 3 is 1.43 bits per heavy atom. The van der Waals surface area contributed by atoms with Gasteiger partial charge in [0.15, 0.2) is 0 Å². The number of hydrogen-bond donors (Lipinski definition) is 2. The van der Waals surface area contributed by atoms with Crippen LogP contribution in [0.15, 0.2) is 36.4 Å². The molecule has 0 spiro atoms. The number of ether oxygens (including phenoxy) is 2. The van der Waals surface area contributed by atoms with Crippen molar-refractivity contribution < 1.29 is 19.1 Å². The van der Waals surface area contributed by atoms with Crippen LogP contribution in [0.4, 0.5) is 0 Å². The second-order valence-corrected chi connectivity index (χ2v) is 11.2. The fourth-order valence-electron chi connectivity index (χ4n) is 5.80. The minimum atomic E-state index is -0.126. The van der Waals surface area contributed by atoms with Crippen LogP contribution >= 0.6 is 23.2 Å². The van der Waals surface area contributed by atoms with Gasteiger partial charge in [-0.1, -0.05) is 23.2 Å². The lowest BCUT2D eigenvalue weighted by Gasteiger charge is -2.34. The number of benzene rings is 2. The van der Waals surface area contributed by atoms with Crippen LogP contribution in [0.5, 0.6) is 11.5 Å². The van der Waals surface area contributed by atoms with E-state index in [1.807, 2.05) is 0 Å². The zero-order chi connectivity index (χ0) is 26.4. The first-order chi connectivity index (χ1) is 17.9. The molecule has 0 saturated heterocycles. The predicted octanol–water partition coefficient (Wildman–Crippen LogP) is 6.68. The molecule has 200 valence electrons. The Labute approximate surface area is 229 Å². The molecule has 2 aliphatic rings. The SMILES string of the molecule is COc1ccc(Cl)cc1C(=O)NC1CCC(CC2CCC(NC(=O)c3cc(Cl)ccc3OC)CC2)CC1. The van der Waals surface area contributed by atoms with Crippen molar-refractivity contribution >= 4 is 35.0 Å². The largest absolute Gasteiger partial charge is 0.496 e. The molecule has 2 amide bonds. The summed E-state index contributed by atoms with van der Waals surface area (Å²) in [6.07, 6.45) is 9.71. The second-order valence-electron chi connectivity index (χ2n) is 10.3. The van der Waals surface area contributed by atoms with E-state index in [4.69, 9.17) is 32.7 Å². The molecule has 0 aromatic heterocycles. The first kappa shape index (κ1) is 27.6. The summed E-state index contributed by atoms with van der Waals surface area (Å²) in [6, 6.07) is 10.6. The van der Waals surface area contributed by atoms with Crippen molar-refractivity contribution in [3.8, 4) is 11.5 Å². The molecule has 0 bridgehead atoms. The third-order valence-electron chi connectivity index (χ3n) is 7.84. The van der Waals surface area contributed by atoms with Gasteiger partial charge in [0.05, 0.1) is 25.3 Å². The number of nitrogens with one attached hydrogen (secondary N) is 2. The maximum absolute atomic E-state index is 12.8. The summed E-state index contributed by atoms with van der Waals surface area (Å²) in [5, 5.41) is 7.39. The molecule has 0 unspecified atom stereocenters. The summed E-state index contributed by atoms with van der Waals surface area (Å²) >= 11 is 12.2. The van der Waals surface area contributed by atoms with Gasteiger partial charge >= 0.3 is 0 Å². The van der Waals surface area contributed by atoms with Crippen LogP contribution in [0.2, 0.25) is 10.0 Å². The van der Waals surface area contributed by atoms with E-state index in [2.05, 4.69) is 10.6 Å². The number of halogens is 2. The van der Waals surface area contributed by atoms with Crippen LogP contribution < -0.4 is 20.1 Å². The molecule has 0 atom stereocenters. The lowest BCUT2D eigenvalue weighted by atomic mass is 9.75. The van der Waals surface area contributed by atoms with Crippen LogP contribution in [0.3, 0.4) is 0 Å². The van der Waals surface area contributed by atoms with Crippen molar-refractivity contribution in [3.63, 3.8) is 0 Å². The minimum absolute atomic E-state index is 0.126. The average molecular weight is 548 g/mol. The molecule has 2 N–H and O–H groups in total. The van der Waals surface area contributed by atoms with Crippen molar-refractivity contribution in [1.82, 2.24) is 10.6 Å². The highest BCUT2D eigenvalue weighted by molar-refractivity contribution is 6.31. The number of methoxy groups -OCH3 is 2. The molecule has 0 heterocycles. The third-order valence-corrected chi connectivity index (χ3v) is 8.31. The zero-order valence-corrected chi connectivity index (χ0v) is 23.0. The molecule has 2 aromatic rings. The Bertz CT molecular complexity index is 1010. The fraction of sp³-hybridized carbons (Fsp3) is 0.517. The van der Waals surface area contributed by atoms with E-state index in [0.29, 0.717) is 44.5 Å². The van der Waals surface area contributed by atoms with Gasteiger partial charge in [-0.05, 0) is 106 Å². The van der Waals surface area contributed by atoms with Crippen molar-refractivity contribution in [2.24, 2.45) is 11.8 Å². The van der Waals surface area contributed by atoms with Gasteiger partial charge in [-0.25, -0.2) is 0 Å². The Balaban J connectivity index is 1.19. The number of carbonyl (C=O) groups excluding carboxylic acids is 2. The molecule has 0 radical (unpaired) electrons. The van der Waals surface area contributed by atoms with E-state index in [0.717, 1.165) is 51.4 Å². The van der Waals surface area contributed by atoms with E-state index < -0.39 is 0 Å². The summed E-state index contributed by atoms with van der Waals surface area (Å²) in [5.74, 6) is 2.21. The molecule has 6 nitrogen and oxygen atoms in total. The number of carbonyl (C=O) groups is 2. The van der Waals surface area contributed by atoms with Crippen LogP contribution in [0, 0.1) is 11.8 Å². The lowest BCUT2D eigenvalue weighted by molar-refractivity contribution is 0.0915. The molecule has 2 saturated carbocycles. The zero-order valence-electron chi connectivity index (χ0n) is 21.5. The topological polar surface area (TPSA) is 76.7 Å². The number of hydrogen-bond acceptors (Lipinski definition) is 4. The highest BCUT2D eigenvalue weighted by Gasteiger charge is 2.29. The molecule has 4 rings (SSSR count). The molecule has 8 heteroatoms. The highest BCUT2D eigenvalue weighted by atomic mass is 35.5. The lowest BCUT2D eigenvalue weighted by Crippen LogP contribution is -2.39. The van der Waals surface area contributed by atoms with Crippen molar-refractivity contribution in [3.05, 3.63) is 57.6 Å². The van der Waals surface area contributed by atoms with Crippen LogP contribution in [-0.2, 0) is 0 Å². The Morgan fingerprint density at radius 2 is 1.08 bits per heavy atom. The van der Waals surface area contributed by atoms with Gasteiger partial charge in [0, 0.05) is 22.1 Å². The molecule has 2 aliphatic carbocycles.